The van der Waals surface area contributed by atoms with Crippen LogP contribution in [0.25, 0.3) is 351 Å². The van der Waals surface area contributed by atoms with Gasteiger partial charge in [-0.15, -0.1) is 0 Å². The van der Waals surface area contributed by atoms with Crippen LogP contribution >= 0.6 is 0 Å². The van der Waals surface area contributed by atoms with E-state index in [4.69, 9.17) is 17.7 Å². The molecule has 0 radical (unpaired) electrons. The molecule has 0 atom stereocenters. The summed E-state index contributed by atoms with van der Waals surface area (Å²) in [6.07, 6.45) is 0. The van der Waals surface area contributed by atoms with Gasteiger partial charge in [0.25, 0.3) is 0 Å². The van der Waals surface area contributed by atoms with E-state index in [1.54, 1.807) is 0 Å². The molecule has 32 aromatic rings. The van der Waals surface area contributed by atoms with Gasteiger partial charge in [0.05, 0.1) is 0 Å². The van der Waals surface area contributed by atoms with Crippen LogP contribution in [0, 0.1) is 0 Å². The topological polar surface area (TPSA) is 52.6 Å². The molecule has 2 aliphatic rings. The van der Waals surface area contributed by atoms with E-state index in [1.165, 1.54) is 224 Å². The standard InChI is InChI=1S/2C72H40O2/c1-5-18-49-45(14-1)46-15-2-6-19-50(46)59-38-63-56-25-13-24-44(43-30-33-71-66(36-43)55-23-10-12-27-69(55)74-71)72(56)67-40-62-52-21-8-4-17-48(52)47-16-3-7-20-51(47)60(62)39-64(67)57-34-41(28-31-53(57)61(63)37-58(49)59)42-29-32-70-65(35-42)54-22-9-11-26-68(54)73-70;1-5-17-49-45(13-1)47-15-3-7-19-51(47)61-39-65-58-34-42(44-28-32-72-68(36-44)56-22-10-12-24-70(56)74-72)26-30-54(58)64-38-60-50-18-6-2-14-46(50)48-16-4-8-20-52(48)62(60)40-66(64)57-33-41(25-29-53(57)63(65)37-59(49)61)43-27-31-71-67(35-43)55-21-9-11-23-69(55)73-71/h2*1-40H. The molecule has 4 heterocycles. The number of rotatable bonds is 4. The zero-order valence-corrected chi connectivity index (χ0v) is 79.8. The molecule has 4 nitrogen and oxygen atoms in total. The minimum Gasteiger partial charge on any atom is -0.456 e. The first kappa shape index (κ1) is 81.1. The van der Waals surface area contributed by atoms with Crippen LogP contribution in [0.4, 0.5) is 0 Å². The van der Waals surface area contributed by atoms with Gasteiger partial charge >= 0.3 is 0 Å². The Hall–Kier alpha value is -19.5. The van der Waals surface area contributed by atoms with Gasteiger partial charge in [-0.3, -0.25) is 0 Å². The SMILES string of the molecule is c1cc(-c2ccc3oc4ccccc4c3c2)c2c(c1)-c1cc3c4ccccc4c4ccccc4c3cc1-c1ccc(-c3ccc4oc5ccccc5c4c3)cc1-c1cc3c4ccccc4c4ccccc4c3cc1-2.c1ccc2c(c1)oc1ccc(-c3ccc4c(c3)-c3cc5c6ccccc6c6ccccc6c5cc3-c3ccc(-c5ccc6oc7ccccc7c6c5)cc3-c3cc5c6ccccc6c6ccccc6c5cc3-4)cc12. The first-order valence-corrected chi connectivity index (χ1v) is 51.1. The van der Waals surface area contributed by atoms with Crippen molar-refractivity contribution in [2.75, 3.05) is 0 Å². The highest BCUT2D eigenvalue weighted by molar-refractivity contribution is 6.33. The lowest BCUT2D eigenvalue weighted by Gasteiger charge is -2.27. The first-order valence-electron chi connectivity index (χ1n) is 51.1. The average Bonchev–Trinajstić information content (AvgIpc) is 1.03. The van der Waals surface area contributed by atoms with Gasteiger partial charge in [0.2, 0.25) is 0 Å². The quantitative estimate of drug-likeness (QED) is 0.165. The lowest BCUT2D eigenvalue weighted by Crippen LogP contribution is -2.00. The Kier molecular flexibility index (Phi) is 17.0. The van der Waals surface area contributed by atoms with Crippen LogP contribution in [-0.2, 0) is 0 Å². The number of furan rings is 4. The molecule has 4 aromatic heterocycles. The van der Waals surface area contributed by atoms with E-state index in [-0.39, 0.29) is 0 Å². The zero-order chi connectivity index (χ0) is 96.3. The van der Waals surface area contributed by atoms with Crippen LogP contribution in [0.2, 0.25) is 0 Å². The molecule has 0 N–H and O–H groups in total. The summed E-state index contributed by atoms with van der Waals surface area (Å²) < 4.78 is 25.5. The molecule has 0 unspecified atom stereocenters. The predicted molar refractivity (Wildman–Crippen MR) is 624 cm³/mol. The summed E-state index contributed by atoms with van der Waals surface area (Å²) in [4.78, 5) is 0. The van der Waals surface area contributed by atoms with Crippen molar-refractivity contribution in [2.24, 2.45) is 0 Å². The Labute approximate surface area is 847 Å². The maximum absolute atomic E-state index is 6.45. The van der Waals surface area contributed by atoms with Crippen molar-refractivity contribution in [3.8, 4) is 134 Å². The molecular weight excluding hydrogens is 1790 g/mol. The van der Waals surface area contributed by atoms with Gasteiger partial charge in [-0.1, -0.05) is 346 Å². The molecule has 0 spiro atoms. The highest BCUT2D eigenvalue weighted by atomic mass is 16.3. The van der Waals surface area contributed by atoms with Crippen LogP contribution in [0.1, 0.15) is 0 Å². The average molecular weight is 1870 g/mol. The van der Waals surface area contributed by atoms with Crippen molar-refractivity contribution < 1.29 is 17.7 Å². The maximum atomic E-state index is 6.45. The Morgan fingerprint density at radius 3 is 0.514 bits per heavy atom. The van der Waals surface area contributed by atoms with Crippen molar-refractivity contribution in [3.05, 3.63) is 485 Å². The van der Waals surface area contributed by atoms with Crippen LogP contribution in [0.5, 0.6) is 0 Å². The lowest BCUT2D eigenvalue weighted by molar-refractivity contribution is 0.668. The molecule has 28 aromatic carbocycles. The number of para-hydroxylation sites is 4. The minimum atomic E-state index is 0.887. The van der Waals surface area contributed by atoms with E-state index < -0.39 is 0 Å². The van der Waals surface area contributed by atoms with Gasteiger partial charge in [0, 0.05) is 43.1 Å². The summed E-state index contributed by atoms with van der Waals surface area (Å²) >= 11 is 0. The molecule has 0 fully saturated rings. The number of fused-ring (bicyclic) bond motifs is 52. The van der Waals surface area contributed by atoms with Crippen LogP contribution < -0.4 is 0 Å². The third-order valence-electron chi connectivity index (χ3n) is 32.8. The fourth-order valence-electron chi connectivity index (χ4n) is 26.0. The second kappa shape index (κ2) is 31.0. The zero-order valence-electron chi connectivity index (χ0n) is 79.8. The van der Waals surface area contributed by atoms with E-state index in [1.807, 2.05) is 24.3 Å². The minimum absolute atomic E-state index is 0.887. The van der Waals surface area contributed by atoms with E-state index in [2.05, 4.69) is 461 Å². The first-order chi connectivity index (χ1) is 73.3. The van der Waals surface area contributed by atoms with Gasteiger partial charge in [0.1, 0.15) is 44.7 Å². The Morgan fingerprint density at radius 2 is 0.250 bits per heavy atom. The van der Waals surface area contributed by atoms with Crippen molar-refractivity contribution in [1.82, 2.24) is 0 Å². The fraction of sp³-hybridized carbons (Fsp3) is 0. The molecule has 4 heteroatoms. The smallest absolute Gasteiger partial charge is 0.135 e. The van der Waals surface area contributed by atoms with Gasteiger partial charge in [-0.05, 0) is 402 Å². The van der Waals surface area contributed by atoms with E-state index in [9.17, 15) is 0 Å². The summed E-state index contributed by atoms with van der Waals surface area (Å²) in [5.41, 5.74) is 35.6. The fourth-order valence-corrected chi connectivity index (χ4v) is 26.0. The summed E-state index contributed by atoms with van der Waals surface area (Å²) in [7, 11) is 0. The molecule has 0 amide bonds. The van der Waals surface area contributed by atoms with Gasteiger partial charge in [-0.2, -0.15) is 0 Å². The lowest BCUT2D eigenvalue weighted by atomic mass is 9.75. The van der Waals surface area contributed by atoms with Crippen molar-refractivity contribution in [2.45, 2.75) is 0 Å². The Balaban J connectivity index is 0.000000129. The van der Waals surface area contributed by atoms with E-state index >= 15 is 0 Å². The summed E-state index contributed by atoms with van der Waals surface area (Å²) in [6, 6.07) is 181. The highest BCUT2D eigenvalue weighted by Gasteiger charge is 2.32. The van der Waals surface area contributed by atoms with Crippen LogP contribution in [0.3, 0.4) is 0 Å². The summed E-state index contributed by atoms with van der Waals surface area (Å²) in [5.74, 6) is 0. The highest BCUT2D eigenvalue weighted by Crippen LogP contribution is 2.59. The monoisotopic (exact) mass is 1870 g/mol. The van der Waals surface area contributed by atoms with E-state index in [0.29, 0.717) is 0 Å². The molecule has 148 heavy (non-hydrogen) atoms. The van der Waals surface area contributed by atoms with Crippen molar-refractivity contribution >= 4 is 217 Å². The Bertz CT molecular complexity index is 11000. The van der Waals surface area contributed by atoms with Gasteiger partial charge < -0.3 is 17.7 Å². The maximum Gasteiger partial charge on any atom is 0.135 e. The van der Waals surface area contributed by atoms with E-state index in [0.717, 1.165) is 127 Å². The second-order valence-corrected chi connectivity index (χ2v) is 40.4. The Morgan fingerprint density at radius 1 is 0.0811 bits per heavy atom. The number of hydrogen-bond acceptors (Lipinski definition) is 4. The molecule has 0 aliphatic heterocycles. The number of hydrogen-bond donors (Lipinski definition) is 0. The normalized spacial score (nSPS) is 12.3. The molecular formula is C144H80O4. The van der Waals surface area contributed by atoms with Gasteiger partial charge in [-0.25, -0.2) is 0 Å². The predicted octanol–water partition coefficient (Wildman–Crippen LogP) is 41.4. The summed E-state index contributed by atoms with van der Waals surface area (Å²) in [6.45, 7) is 0. The largest absolute Gasteiger partial charge is 0.456 e. The molecule has 0 saturated heterocycles. The summed E-state index contributed by atoms with van der Waals surface area (Å²) in [5, 5.41) is 39.0. The molecule has 34 rings (SSSR count). The van der Waals surface area contributed by atoms with Crippen LogP contribution in [-0.4, -0.2) is 0 Å². The third-order valence-corrected chi connectivity index (χ3v) is 32.8. The second-order valence-electron chi connectivity index (χ2n) is 40.4. The molecule has 0 bridgehead atoms. The molecule has 680 valence electrons. The van der Waals surface area contributed by atoms with Crippen molar-refractivity contribution in [1.29, 1.82) is 0 Å². The van der Waals surface area contributed by atoms with Crippen LogP contribution in [0.15, 0.2) is 503 Å². The number of benzene rings is 28. The molecule has 0 saturated carbocycles. The molecule has 2 aliphatic carbocycles. The third kappa shape index (κ3) is 11.9. The van der Waals surface area contributed by atoms with Gasteiger partial charge in [0.15, 0.2) is 0 Å². The van der Waals surface area contributed by atoms with Crippen molar-refractivity contribution in [3.63, 3.8) is 0 Å².